The van der Waals surface area contributed by atoms with Crippen molar-refractivity contribution in [2.75, 3.05) is 32.8 Å². The van der Waals surface area contributed by atoms with Crippen LogP contribution in [0, 0.1) is 0 Å². The van der Waals surface area contributed by atoms with Gasteiger partial charge in [-0.1, -0.05) is 42.5 Å². The first kappa shape index (κ1) is 17.5. The van der Waals surface area contributed by atoms with Crippen LogP contribution in [0.25, 0.3) is 0 Å². The van der Waals surface area contributed by atoms with E-state index in [0.717, 1.165) is 26.1 Å². The number of morpholine rings is 1. The van der Waals surface area contributed by atoms with Gasteiger partial charge in [0.25, 0.3) is 0 Å². The Kier molecular flexibility index (Phi) is 6.04. The minimum Gasteiger partial charge on any atom is -0.491 e. The summed E-state index contributed by atoms with van der Waals surface area (Å²) in [7, 11) is 0. The van der Waals surface area contributed by atoms with Gasteiger partial charge in [0.05, 0.1) is 12.7 Å². The quantitative estimate of drug-likeness (QED) is 0.839. The molecule has 1 atom stereocenters. The van der Waals surface area contributed by atoms with Crippen LogP contribution in [0.2, 0.25) is 0 Å². The lowest BCUT2D eigenvalue weighted by Crippen LogP contribution is -2.44. The van der Waals surface area contributed by atoms with Gasteiger partial charge in [-0.15, -0.1) is 0 Å². The Hall–Kier alpha value is -2.37. The predicted molar refractivity (Wildman–Crippen MR) is 95.2 cm³/mol. The monoisotopic (exact) mass is 341 g/mol. The Morgan fingerprint density at radius 3 is 2.72 bits per heavy atom. The molecule has 1 aliphatic heterocycles. The summed E-state index contributed by atoms with van der Waals surface area (Å²) >= 11 is 0. The maximum absolute atomic E-state index is 11.2. The number of hydrogen-bond donors (Lipinski definition) is 1. The van der Waals surface area contributed by atoms with Crippen molar-refractivity contribution in [1.82, 2.24) is 4.90 Å². The lowest BCUT2D eigenvalue weighted by Gasteiger charge is -2.33. The number of aromatic carboxylic acids is 1. The zero-order valence-electron chi connectivity index (χ0n) is 14.1. The minimum atomic E-state index is -0.968. The summed E-state index contributed by atoms with van der Waals surface area (Å²) in [6.07, 6.45) is 1.09. The lowest BCUT2D eigenvalue weighted by atomic mass is 10.1. The Bertz CT molecular complexity index is 689. The van der Waals surface area contributed by atoms with E-state index in [1.165, 1.54) is 5.56 Å². The van der Waals surface area contributed by atoms with Crippen molar-refractivity contribution in [3.63, 3.8) is 0 Å². The van der Waals surface area contributed by atoms with Crippen LogP contribution in [-0.2, 0) is 11.2 Å². The molecular weight excluding hydrogens is 318 g/mol. The highest BCUT2D eigenvalue weighted by atomic mass is 16.5. The standard InChI is InChI=1S/C20H23NO4/c22-20(23)18-8-4-5-9-19(18)25-13-11-21-10-12-24-17(15-21)14-16-6-2-1-3-7-16/h1-9,17H,10-15H2,(H,22,23)/t17-/m1/s1. The van der Waals surface area contributed by atoms with Gasteiger partial charge in [0.1, 0.15) is 17.9 Å². The van der Waals surface area contributed by atoms with Crippen molar-refractivity contribution in [3.05, 3.63) is 65.7 Å². The molecule has 1 saturated heterocycles. The first-order valence-corrected chi connectivity index (χ1v) is 8.55. The third-order valence-electron chi connectivity index (χ3n) is 4.31. The van der Waals surface area contributed by atoms with Crippen LogP contribution in [0.4, 0.5) is 0 Å². The number of ether oxygens (including phenoxy) is 2. The average Bonchev–Trinajstić information content (AvgIpc) is 2.63. The molecule has 0 unspecified atom stereocenters. The molecule has 3 rings (SSSR count). The number of para-hydroxylation sites is 1. The van der Waals surface area contributed by atoms with Gasteiger partial charge in [-0.25, -0.2) is 4.79 Å². The third-order valence-corrected chi connectivity index (χ3v) is 4.31. The van der Waals surface area contributed by atoms with Gasteiger partial charge >= 0.3 is 5.97 Å². The molecule has 1 N–H and O–H groups in total. The third kappa shape index (κ3) is 5.05. The first-order valence-electron chi connectivity index (χ1n) is 8.55. The Balaban J connectivity index is 1.48. The zero-order valence-corrected chi connectivity index (χ0v) is 14.1. The molecule has 1 heterocycles. The Labute approximate surface area is 147 Å². The van der Waals surface area contributed by atoms with Gasteiger partial charge < -0.3 is 14.6 Å². The van der Waals surface area contributed by atoms with Gasteiger partial charge in [-0.2, -0.15) is 0 Å². The summed E-state index contributed by atoms with van der Waals surface area (Å²) in [6, 6.07) is 17.1. The van der Waals surface area contributed by atoms with Crippen LogP contribution in [-0.4, -0.2) is 54.9 Å². The highest BCUT2D eigenvalue weighted by molar-refractivity contribution is 5.90. The molecule has 0 aliphatic carbocycles. The van der Waals surface area contributed by atoms with Gasteiger partial charge in [0.2, 0.25) is 0 Å². The maximum atomic E-state index is 11.2. The van der Waals surface area contributed by atoms with Crippen molar-refractivity contribution in [1.29, 1.82) is 0 Å². The van der Waals surface area contributed by atoms with Crippen LogP contribution in [0.3, 0.4) is 0 Å². The first-order chi connectivity index (χ1) is 12.2. The van der Waals surface area contributed by atoms with E-state index in [9.17, 15) is 9.90 Å². The highest BCUT2D eigenvalue weighted by Gasteiger charge is 2.20. The van der Waals surface area contributed by atoms with Crippen LogP contribution in [0.5, 0.6) is 5.75 Å². The van der Waals surface area contributed by atoms with E-state index < -0.39 is 5.97 Å². The molecule has 0 saturated carbocycles. The molecule has 0 radical (unpaired) electrons. The molecule has 132 valence electrons. The number of nitrogens with zero attached hydrogens (tertiary/aromatic N) is 1. The van der Waals surface area contributed by atoms with Crippen LogP contribution >= 0.6 is 0 Å². The number of rotatable bonds is 7. The van der Waals surface area contributed by atoms with E-state index in [-0.39, 0.29) is 11.7 Å². The topological polar surface area (TPSA) is 59.0 Å². The van der Waals surface area contributed by atoms with Crippen molar-refractivity contribution in [2.24, 2.45) is 0 Å². The summed E-state index contributed by atoms with van der Waals surface area (Å²) in [4.78, 5) is 13.5. The predicted octanol–water partition coefficient (Wildman–Crippen LogP) is 2.71. The van der Waals surface area contributed by atoms with E-state index in [1.54, 1.807) is 24.3 Å². The van der Waals surface area contributed by atoms with E-state index >= 15 is 0 Å². The van der Waals surface area contributed by atoms with Gasteiger partial charge in [0, 0.05) is 19.6 Å². The second-order valence-electron chi connectivity index (χ2n) is 6.13. The molecule has 5 heteroatoms. The summed E-state index contributed by atoms with van der Waals surface area (Å²) in [5, 5.41) is 9.18. The maximum Gasteiger partial charge on any atom is 0.339 e. The van der Waals surface area contributed by atoms with E-state index in [1.807, 2.05) is 18.2 Å². The molecule has 5 nitrogen and oxygen atoms in total. The fraction of sp³-hybridized carbons (Fsp3) is 0.350. The summed E-state index contributed by atoms with van der Waals surface area (Å²) in [6.45, 7) is 3.65. The molecule has 2 aromatic carbocycles. The van der Waals surface area contributed by atoms with Crippen molar-refractivity contribution < 1.29 is 19.4 Å². The summed E-state index contributed by atoms with van der Waals surface area (Å²) in [5.74, 6) is -0.547. The molecule has 1 fully saturated rings. The second-order valence-corrected chi connectivity index (χ2v) is 6.13. The highest BCUT2D eigenvalue weighted by Crippen LogP contribution is 2.18. The van der Waals surface area contributed by atoms with Crippen molar-refractivity contribution in [3.8, 4) is 5.75 Å². The molecule has 2 aromatic rings. The largest absolute Gasteiger partial charge is 0.491 e. The SMILES string of the molecule is O=C(O)c1ccccc1OCCN1CCO[C@H](Cc2ccccc2)C1. The molecule has 0 aromatic heterocycles. The molecule has 25 heavy (non-hydrogen) atoms. The van der Waals surface area contributed by atoms with Crippen molar-refractivity contribution in [2.45, 2.75) is 12.5 Å². The van der Waals surface area contributed by atoms with Crippen LogP contribution < -0.4 is 4.74 Å². The fourth-order valence-electron chi connectivity index (χ4n) is 3.04. The average molecular weight is 341 g/mol. The van der Waals surface area contributed by atoms with Gasteiger partial charge in [0.15, 0.2) is 0 Å². The Morgan fingerprint density at radius 2 is 1.92 bits per heavy atom. The van der Waals surface area contributed by atoms with Crippen molar-refractivity contribution >= 4 is 5.97 Å². The number of hydrogen-bond acceptors (Lipinski definition) is 4. The molecular formula is C20H23NO4. The normalized spacial score (nSPS) is 18.0. The molecule has 1 aliphatic rings. The molecule has 0 bridgehead atoms. The van der Waals surface area contributed by atoms with Crippen LogP contribution in [0.1, 0.15) is 15.9 Å². The van der Waals surface area contributed by atoms with Gasteiger partial charge in [-0.3, -0.25) is 4.90 Å². The number of carboxylic acid groups (broad SMARTS) is 1. The van der Waals surface area contributed by atoms with Gasteiger partial charge in [-0.05, 0) is 24.1 Å². The number of carbonyl (C=O) groups is 1. The summed E-state index contributed by atoms with van der Waals surface area (Å²) < 4.78 is 11.6. The molecule has 0 spiro atoms. The number of carboxylic acids is 1. The van der Waals surface area contributed by atoms with Crippen LogP contribution in [0.15, 0.2) is 54.6 Å². The van der Waals surface area contributed by atoms with E-state index in [2.05, 4.69) is 17.0 Å². The molecule has 0 amide bonds. The van der Waals surface area contributed by atoms with E-state index in [0.29, 0.717) is 19.0 Å². The Morgan fingerprint density at radius 1 is 1.16 bits per heavy atom. The summed E-state index contributed by atoms with van der Waals surface area (Å²) in [5.41, 5.74) is 1.48. The zero-order chi connectivity index (χ0) is 17.5. The number of benzene rings is 2. The second kappa shape index (κ2) is 8.65. The minimum absolute atomic E-state index is 0.183. The van der Waals surface area contributed by atoms with E-state index in [4.69, 9.17) is 9.47 Å². The lowest BCUT2D eigenvalue weighted by molar-refractivity contribution is -0.0305. The fourth-order valence-corrected chi connectivity index (χ4v) is 3.04. The smallest absolute Gasteiger partial charge is 0.339 e.